The predicted molar refractivity (Wildman–Crippen MR) is 232 cm³/mol. The Kier molecular flexibility index (Phi) is 14.5. The molecule has 25 heteroatoms. The van der Waals surface area contributed by atoms with Gasteiger partial charge in [0.2, 0.25) is 5.91 Å². The number of sulfonamides is 4. The molecule has 0 saturated heterocycles. The average molecular weight is 1000 g/mol. The summed E-state index contributed by atoms with van der Waals surface area (Å²) in [4.78, 5) is 10.9. The first-order valence-electron chi connectivity index (χ1n) is 15.9. The van der Waals surface area contributed by atoms with Crippen molar-refractivity contribution in [3.8, 4) is 0 Å². The van der Waals surface area contributed by atoms with Gasteiger partial charge in [-0.05, 0) is 89.6 Å². The Hall–Kier alpha value is -4.16. The summed E-state index contributed by atoms with van der Waals surface area (Å²) in [5.74, 6) is -0.963. The van der Waals surface area contributed by atoms with E-state index in [1.165, 1.54) is 67.6 Å². The molecule has 2 heterocycles. The zero-order valence-electron chi connectivity index (χ0n) is 29.4. The van der Waals surface area contributed by atoms with Gasteiger partial charge in [-0.15, -0.1) is 22.7 Å². The number of hydrogen-bond acceptors (Lipinski definition) is 11. The fraction of sp³-hybridized carbons (Fsp3) is 0.0294. The fourth-order valence-electron chi connectivity index (χ4n) is 4.62. The van der Waals surface area contributed by atoms with Crippen molar-refractivity contribution in [1.29, 1.82) is 0 Å². The van der Waals surface area contributed by atoms with E-state index in [4.69, 9.17) is 46.4 Å². The van der Waals surface area contributed by atoms with Gasteiger partial charge in [-0.2, -0.15) is 0 Å². The standard InChI is InChI=1S/C18H15Cl2N3O5S3.C16H11Cl2FN2O4S3/c1-11(24)21-12-4-2-5-13(8-12)30(25,26)22-16-9-14(19)15(20)10-17(16)23-31(27,28)18-6-3-7-29-18;17-12-8-14(20-27(22,23)11-5-3-10(19)4-6-11)15(9-13(12)18)21-28(24,25)16-2-1-7-26-16/h2-10,22-23H,1H3,(H,21,24);1-9,20-21H. The minimum absolute atomic E-state index is 0.0116. The topological polar surface area (TPSA) is 214 Å². The molecule has 6 aromatic rings. The van der Waals surface area contributed by atoms with E-state index in [0.29, 0.717) is 0 Å². The number of carbonyl (C=O) groups excluding carboxylic acids is 1. The normalized spacial score (nSPS) is 11.8. The van der Waals surface area contributed by atoms with E-state index in [2.05, 4.69) is 24.2 Å². The van der Waals surface area contributed by atoms with Crippen LogP contribution in [0.2, 0.25) is 20.1 Å². The molecule has 0 spiro atoms. The van der Waals surface area contributed by atoms with Crippen LogP contribution in [0.25, 0.3) is 0 Å². The smallest absolute Gasteiger partial charge is 0.271 e. The van der Waals surface area contributed by atoms with Gasteiger partial charge in [0.15, 0.2) is 0 Å². The van der Waals surface area contributed by atoms with Gasteiger partial charge in [0.25, 0.3) is 40.1 Å². The Morgan fingerprint density at radius 3 is 1.27 bits per heavy atom. The van der Waals surface area contributed by atoms with Gasteiger partial charge >= 0.3 is 0 Å². The van der Waals surface area contributed by atoms with E-state index < -0.39 is 45.9 Å². The van der Waals surface area contributed by atoms with Crippen LogP contribution in [0.15, 0.2) is 126 Å². The molecule has 0 fully saturated rings. The van der Waals surface area contributed by atoms with Crippen molar-refractivity contribution in [3.63, 3.8) is 0 Å². The molecule has 0 aliphatic heterocycles. The molecular weight excluding hydrogens is 976 g/mol. The van der Waals surface area contributed by atoms with Crippen molar-refractivity contribution < 1.29 is 42.9 Å². The van der Waals surface area contributed by atoms with Crippen molar-refractivity contribution >= 4 is 144 Å². The fourth-order valence-corrected chi connectivity index (χ4v) is 11.6. The third-order valence-electron chi connectivity index (χ3n) is 7.21. The van der Waals surface area contributed by atoms with Gasteiger partial charge < -0.3 is 5.32 Å². The Bertz CT molecular complexity index is 2960. The molecule has 0 atom stereocenters. The largest absolute Gasteiger partial charge is 0.326 e. The number of rotatable bonds is 13. The molecule has 4 aromatic carbocycles. The Morgan fingerprint density at radius 2 is 0.898 bits per heavy atom. The summed E-state index contributed by atoms with van der Waals surface area (Å²) in [5.41, 5.74) is -0.209. The number of carbonyl (C=O) groups is 1. The van der Waals surface area contributed by atoms with Crippen molar-refractivity contribution in [2.75, 3.05) is 24.2 Å². The van der Waals surface area contributed by atoms with Crippen molar-refractivity contribution in [2.24, 2.45) is 0 Å². The maximum Gasteiger partial charge on any atom is 0.271 e. The molecular formula is C34H26Cl4FN5O9S6. The molecule has 59 heavy (non-hydrogen) atoms. The highest BCUT2D eigenvalue weighted by Crippen LogP contribution is 2.37. The highest BCUT2D eigenvalue weighted by Gasteiger charge is 2.24. The van der Waals surface area contributed by atoms with Crippen LogP contribution in [0, 0.1) is 5.82 Å². The summed E-state index contributed by atoms with van der Waals surface area (Å²) < 4.78 is 123. The second kappa shape index (κ2) is 18.6. The van der Waals surface area contributed by atoms with Crippen LogP contribution < -0.4 is 24.2 Å². The quantitative estimate of drug-likeness (QED) is 0.0744. The lowest BCUT2D eigenvalue weighted by molar-refractivity contribution is -0.114. The molecule has 14 nitrogen and oxygen atoms in total. The number of hydrogen-bond donors (Lipinski definition) is 5. The highest BCUT2D eigenvalue weighted by molar-refractivity contribution is 7.95. The third-order valence-corrected chi connectivity index (χ3v) is 16.9. The van der Waals surface area contributed by atoms with E-state index in [1.54, 1.807) is 22.9 Å². The van der Waals surface area contributed by atoms with E-state index in [-0.39, 0.29) is 72.6 Å². The molecule has 6 rings (SSSR count). The predicted octanol–water partition coefficient (Wildman–Crippen LogP) is 9.41. The van der Waals surface area contributed by atoms with Crippen LogP contribution >= 0.6 is 69.1 Å². The lowest BCUT2D eigenvalue weighted by atomic mass is 10.3. The number of thiophene rings is 2. The second-order valence-electron chi connectivity index (χ2n) is 11.6. The minimum atomic E-state index is -4.17. The SMILES string of the molecule is CC(=O)Nc1cccc(S(=O)(=O)Nc2cc(Cl)c(Cl)cc2NS(=O)(=O)c2cccs2)c1.O=S(=O)(Nc1cc(Cl)c(Cl)cc1NS(=O)(=O)c1cccs1)c1ccc(F)cc1. The van der Waals surface area contributed by atoms with Gasteiger partial charge in [0, 0.05) is 12.6 Å². The van der Waals surface area contributed by atoms with Crippen LogP contribution in [-0.4, -0.2) is 39.6 Å². The Balaban J connectivity index is 0.000000225. The van der Waals surface area contributed by atoms with Gasteiger partial charge in [-0.25, -0.2) is 38.1 Å². The molecule has 0 saturated carbocycles. The molecule has 0 aliphatic rings. The van der Waals surface area contributed by atoms with Gasteiger partial charge in [-0.1, -0.05) is 64.6 Å². The lowest BCUT2D eigenvalue weighted by Gasteiger charge is -2.16. The Morgan fingerprint density at radius 1 is 0.508 bits per heavy atom. The first kappa shape index (κ1) is 45.9. The summed E-state index contributed by atoms with van der Waals surface area (Å²) in [7, 11) is -16.3. The minimum Gasteiger partial charge on any atom is -0.326 e. The van der Waals surface area contributed by atoms with Gasteiger partial charge in [0.1, 0.15) is 14.2 Å². The molecule has 2 aromatic heterocycles. The van der Waals surface area contributed by atoms with E-state index in [9.17, 15) is 42.9 Å². The van der Waals surface area contributed by atoms with Crippen molar-refractivity contribution in [2.45, 2.75) is 25.1 Å². The van der Waals surface area contributed by atoms with Crippen LogP contribution in [-0.2, 0) is 44.9 Å². The van der Waals surface area contributed by atoms with Crippen LogP contribution in [0.3, 0.4) is 0 Å². The van der Waals surface area contributed by atoms with E-state index in [1.807, 2.05) is 0 Å². The van der Waals surface area contributed by atoms with E-state index >= 15 is 0 Å². The van der Waals surface area contributed by atoms with Crippen molar-refractivity contribution in [1.82, 2.24) is 0 Å². The average Bonchev–Trinajstić information content (AvgIpc) is 3.90. The summed E-state index contributed by atoms with van der Waals surface area (Å²) in [6.07, 6.45) is 0. The molecule has 1 amide bonds. The first-order valence-corrected chi connectivity index (χ1v) is 25.1. The second-order valence-corrected chi connectivity index (χ2v) is 22.3. The number of nitrogens with one attached hydrogen (secondary N) is 5. The molecule has 312 valence electrons. The summed E-state index contributed by atoms with van der Waals surface area (Å²) in [6.45, 7) is 1.29. The maximum atomic E-state index is 13.1. The Labute approximate surface area is 366 Å². The molecule has 5 N–H and O–H groups in total. The van der Waals surface area contributed by atoms with Crippen LogP contribution in [0.5, 0.6) is 0 Å². The van der Waals surface area contributed by atoms with Crippen molar-refractivity contribution in [3.05, 3.63) is 134 Å². The van der Waals surface area contributed by atoms with Crippen LogP contribution in [0.4, 0.5) is 32.8 Å². The van der Waals surface area contributed by atoms with Gasteiger partial charge in [-0.3, -0.25) is 23.7 Å². The monoisotopic (exact) mass is 999 g/mol. The zero-order chi connectivity index (χ0) is 43.3. The molecule has 0 aliphatic carbocycles. The molecule has 0 unspecified atom stereocenters. The first-order chi connectivity index (χ1) is 27.6. The molecule has 0 bridgehead atoms. The lowest BCUT2D eigenvalue weighted by Crippen LogP contribution is -2.17. The van der Waals surface area contributed by atoms with Gasteiger partial charge in [0.05, 0.1) is 52.6 Å². The zero-order valence-corrected chi connectivity index (χ0v) is 37.3. The third kappa shape index (κ3) is 12.0. The summed E-state index contributed by atoms with van der Waals surface area (Å²) in [5, 5.41) is 5.76. The maximum absolute atomic E-state index is 13.1. The number of amides is 1. The molecule has 0 radical (unpaired) electrons. The number of halogens is 5. The summed E-state index contributed by atoms with van der Waals surface area (Å²) >= 11 is 25.9. The highest BCUT2D eigenvalue weighted by atomic mass is 35.5. The van der Waals surface area contributed by atoms with Crippen LogP contribution in [0.1, 0.15) is 6.92 Å². The summed E-state index contributed by atoms with van der Waals surface area (Å²) in [6, 6.07) is 20.4. The van der Waals surface area contributed by atoms with E-state index in [0.717, 1.165) is 46.9 Å². The number of benzene rings is 4. The number of anilines is 5.